The van der Waals surface area contributed by atoms with E-state index in [9.17, 15) is 0 Å². The van der Waals surface area contributed by atoms with Gasteiger partial charge in [0, 0.05) is 11.0 Å². The van der Waals surface area contributed by atoms with E-state index in [1.54, 1.807) is 14.2 Å². The van der Waals surface area contributed by atoms with Crippen LogP contribution >= 0.6 is 0 Å². The van der Waals surface area contributed by atoms with Gasteiger partial charge in [0.05, 0.1) is 27.4 Å². The van der Waals surface area contributed by atoms with E-state index < -0.39 is 0 Å². The molecule has 0 unspecified atom stereocenters. The Morgan fingerprint density at radius 3 is 2.40 bits per heavy atom. The first-order chi connectivity index (χ1) is 7.19. The molecule has 1 aromatic rings. The summed E-state index contributed by atoms with van der Waals surface area (Å²) in [4.78, 5) is 0. The van der Waals surface area contributed by atoms with E-state index in [-0.39, 0.29) is 5.41 Å². The second-order valence-electron chi connectivity index (χ2n) is 4.12. The maximum absolute atomic E-state index is 5.36. The van der Waals surface area contributed by atoms with Gasteiger partial charge in [-0.05, 0) is 18.2 Å². The van der Waals surface area contributed by atoms with Crippen LogP contribution in [0.25, 0.3) is 0 Å². The molecule has 0 aliphatic carbocycles. The molecule has 3 nitrogen and oxygen atoms in total. The number of rotatable bonds is 3. The Bertz CT molecular complexity index is 356. The van der Waals surface area contributed by atoms with Crippen LogP contribution in [0.2, 0.25) is 0 Å². The lowest BCUT2D eigenvalue weighted by molar-refractivity contribution is -0.0509. The zero-order chi connectivity index (χ0) is 10.9. The van der Waals surface area contributed by atoms with Crippen LogP contribution in [-0.2, 0) is 10.2 Å². The van der Waals surface area contributed by atoms with Crippen LogP contribution in [0.3, 0.4) is 0 Å². The third-order valence-electron chi connectivity index (χ3n) is 2.90. The van der Waals surface area contributed by atoms with Gasteiger partial charge in [0.1, 0.15) is 11.5 Å². The van der Waals surface area contributed by atoms with Gasteiger partial charge < -0.3 is 14.2 Å². The van der Waals surface area contributed by atoms with E-state index in [0.717, 1.165) is 30.3 Å². The molecule has 1 saturated heterocycles. The molecule has 82 valence electrons. The van der Waals surface area contributed by atoms with Crippen molar-refractivity contribution in [2.45, 2.75) is 12.3 Å². The lowest BCUT2D eigenvalue weighted by atomic mass is 9.80. The highest BCUT2D eigenvalue weighted by Crippen LogP contribution is 2.39. The van der Waals surface area contributed by atoms with Crippen LogP contribution in [0.1, 0.15) is 12.5 Å². The molecule has 0 aromatic heterocycles. The summed E-state index contributed by atoms with van der Waals surface area (Å²) in [5.74, 6) is 1.76. The van der Waals surface area contributed by atoms with Gasteiger partial charge in [-0.15, -0.1) is 0 Å². The Hall–Kier alpha value is -1.22. The van der Waals surface area contributed by atoms with Crippen LogP contribution in [0.4, 0.5) is 0 Å². The Balaban J connectivity index is 2.41. The summed E-state index contributed by atoms with van der Waals surface area (Å²) in [5.41, 5.74) is 1.23. The summed E-state index contributed by atoms with van der Waals surface area (Å²) in [6.45, 7) is 3.67. The van der Waals surface area contributed by atoms with E-state index in [2.05, 4.69) is 6.92 Å². The van der Waals surface area contributed by atoms with E-state index in [1.165, 1.54) is 0 Å². The van der Waals surface area contributed by atoms with Crippen molar-refractivity contribution in [1.29, 1.82) is 0 Å². The van der Waals surface area contributed by atoms with Crippen molar-refractivity contribution in [3.63, 3.8) is 0 Å². The van der Waals surface area contributed by atoms with Crippen LogP contribution in [0.5, 0.6) is 11.5 Å². The first-order valence-electron chi connectivity index (χ1n) is 5.00. The number of hydrogen-bond acceptors (Lipinski definition) is 3. The number of methoxy groups -OCH3 is 2. The zero-order valence-electron chi connectivity index (χ0n) is 9.37. The van der Waals surface area contributed by atoms with E-state index in [4.69, 9.17) is 14.2 Å². The highest BCUT2D eigenvalue weighted by Gasteiger charge is 2.37. The highest BCUT2D eigenvalue weighted by molar-refractivity contribution is 5.45. The second-order valence-corrected chi connectivity index (χ2v) is 4.12. The molecule has 0 spiro atoms. The standard InChI is InChI=1S/C12H16O3/c1-12(7-15-8-12)10-6-9(13-2)4-5-11(10)14-3/h4-6H,7-8H2,1-3H3. The largest absolute Gasteiger partial charge is 0.497 e. The zero-order valence-corrected chi connectivity index (χ0v) is 9.37. The summed E-state index contributed by atoms with van der Waals surface area (Å²) in [6, 6.07) is 5.88. The van der Waals surface area contributed by atoms with Crippen molar-refractivity contribution < 1.29 is 14.2 Å². The lowest BCUT2D eigenvalue weighted by Crippen LogP contribution is -2.44. The van der Waals surface area contributed by atoms with Crippen molar-refractivity contribution in [3.05, 3.63) is 23.8 Å². The second kappa shape index (κ2) is 3.74. The summed E-state index contributed by atoms with van der Waals surface area (Å²) >= 11 is 0. The molecule has 2 rings (SSSR count). The SMILES string of the molecule is COc1ccc(OC)c(C2(C)COC2)c1. The molecule has 15 heavy (non-hydrogen) atoms. The van der Waals surface area contributed by atoms with Crippen molar-refractivity contribution in [2.75, 3.05) is 27.4 Å². The van der Waals surface area contributed by atoms with Crippen molar-refractivity contribution in [2.24, 2.45) is 0 Å². The van der Waals surface area contributed by atoms with Crippen molar-refractivity contribution in [1.82, 2.24) is 0 Å². The fourth-order valence-corrected chi connectivity index (χ4v) is 1.85. The molecule has 1 aromatic carbocycles. The normalized spacial score (nSPS) is 18.1. The molecule has 1 fully saturated rings. The Labute approximate surface area is 90.0 Å². The average Bonchev–Trinajstić information content (AvgIpc) is 2.25. The summed E-state index contributed by atoms with van der Waals surface area (Å²) in [6.07, 6.45) is 0. The van der Waals surface area contributed by atoms with Crippen molar-refractivity contribution >= 4 is 0 Å². The van der Waals surface area contributed by atoms with Crippen LogP contribution in [0, 0.1) is 0 Å². The lowest BCUT2D eigenvalue weighted by Gasteiger charge is -2.39. The third kappa shape index (κ3) is 1.67. The molecule has 0 radical (unpaired) electrons. The Morgan fingerprint density at radius 1 is 1.20 bits per heavy atom. The predicted octanol–water partition coefficient (Wildman–Crippen LogP) is 1.99. The molecule has 3 heteroatoms. The van der Waals surface area contributed by atoms with Crippen LogP contribution in [0.15, 0.2) is 18.2 Å². The summed E-state index contributed by atoms with van der Waals surface area (Å²) in [7, 11) is 3.36. The van der Waals surface area contributed by atoms with Crippen LogP contribution < -0.4 is 9.47 Å². The molecule has 0 saturated carbocycles. The van der Waals surface area contributed by atoms with E-state index in [0.29, 0.717) is 0 Å². The van der Waals surface area contributed by atoms with E-state index >= 15 is 0 Å². The van der Waals surface area contributed by atoms with Gasteiger partial charge in [-0.3, -0.25) is 0 Å². The van der Waals surface area contributed by atoms with Gasteiger partial charge in [0.25, 0.3) is 0 Å². The summed E-state index contributed by atoms with van der Waals surface area (Å²) < 4.78 is 15.8. The molecule has 0 bridgehead atoms. The smallest absolute Gasteiger partial charge is 0.123 e. The molecule has 1 aliphatic rings. The molecule has 0 atom stereocenters. The van der Waals surface area contributed by atoms with Gasteiger partial charge in [-0.2, -0.15) is 0 Å². The van der Waals surface area contributed by atoms with Gasteiger partial charge in [-0.25, -0.2) is 0 Å². The number of ether oxygens (including phenoxy) is 3. The topological polar surface area (TPSA) is 27.7 Å². The first-order valence-corrected chi connectivity index (χ1v) is 5.00. The molecule has 0 N–H and O–H groups in total. The molecular weight excluding hydrogens is 192 g/mol. The molecule has 0 amide bonds. The maximum atomic E-state index is 5.36. The average molecular weight is 208 g/mol. The Morgan fingerprint density at radius 2 is 1.93 bits per heavy atom. The van der Waals surface area contributed by atoms with Gasteiger partial charge in [-0.1, -0.05) is 6.92 Å². The predicted molar refractivity (Wildman–Crippen MR) is 57.7 cm³/mol. The third-order valence-corrected chi connectivity index (χ3v) is 2.90. The maximum Gasteiger partial charge on any atom is 0.123 e. The van der Waals surface area contributed by atoms with Gasteiger partial charge in [0.2, 0.25) is 0 Å². The van der Waals surface area contributed by atoms with Crippen LogP contribution in [-0.4, -0.2) is 27.4 Å². The fraction of sp³-hybridized carbons (Fsp3) is 0.500. The minimum atomic E-state index is 0.0693. The molecule has 1 heterocycles. The highest BCUT2D eigenvalue weighted by atomic mass is 16.5. The van der Waals surface area contributed by atoms with Crippen molar-refractivity contribution in [3.8, 4) is 11.5 Å². The van der Waals surface area contributed by atoms with E-state index in [1.807, 2.05) is 18.2 Å². The minimum absolute atomic E-state index is 0.0693. The van der Waals surface area contributed by atoms with Gasteiger partial charge >= 0.3 is 0 Å². The molecular formula is C12H16O3. The number of benzene rings is 1. The quantitative estimate of drug-likeness (QED) is 0.760. The first kappa shape index (κ1) is 10.3. The monoisotopic (exact) mass is 208 g/mol. The fourth-order valence-electron chi connectivity index (χ4n) is 1.85. The molecule has 1 aliphatic heterocycles. The Kier molecular flexibility index (Phi) is 2.57. The van der Waals surface area contributed by atoms with Gasteiger partial charge in [0.15, 0.2) is 0 Å². The summed E-state index contributed by atoms with van der Waals surface area (Å²) in [5, 5.41) is 0. The number of hydrogen-bond donors (Lipinski definition) is 0. The minimum Gasteiger partial charge on any atom is -0.497 e.